The van der Waals surface area contributed by atoms with E-state index in [0.717, 1.165) is 37.9 Å². The maximum absolute atomic E-state index is 12.2. The largest absolute Gasteiger partial charge is 0.388 e. The Morgan fingerprint density at radius 2 is 2.06 bits per heavy atom. The van der Waals surface area contributed by atoms with Gasteiger partial charge in [0.05, 0.1) is 10.9 Å². The van der Waals surface area contributed by atoms with Crippen molar-refractivity contribution in [1.82, 2.24) is 4.90 Å². The van der Waals surface area contributed by atoms with Crippen LogP contribution >= 0.6 is 11.8 Å². The van der Waals surface area contributed by atoms with Gasteiger partial charge in [0.2, 0.25) is 5.91 Å². The van der Waals surface area contributed by atoms with Crippen LogP contribution in [0.1, 0.15) is 44.9 Å². The first-order valence-corrected chi connectivity index (χ1v) is 7.75. The monoisotopic (exact) mass is 257 g/mol. The molecule has 0 bridgehead atoms. The quantitative estimate of drug-likeness (QED) is 0.841. The van der Waals surface area contributed by atoms with Crippen LogP contribution in [0.4, 0.5) is 0 Å². The van der Waals surface area contributed by atoms with E-state index in [4.69, 9.17) is 0 Å². The molecule has 1 atom stereocenters. The molecule has 1 unspecified atom stereocenters. The summed E-state index contributed by atoms with van der Waals surface area (Å²) in [4.78, 5) is 14.0. The minimum Gasteiger partial charge on any atom is -0.388 e. The molecule has 1 aliphatic heterocycles. The fraction of sp³-hybridized carbons (Fsp3) is 0.923. The highest BCUT2D eigenvalue weighted by Crippen LogP contribution is 2.31. The van der Waals surface area contributed by atoms with E-state index in [1.54, 1.807) is 16.7 Å². The summed E-state index contributed by atoms with van der Waals surface area (Å²) in [6.07, 6.45) is 7.30. The predicted molar refractivity (Wildman–Crippen MR) is 71.2 cm³/mol. The molecule has 1 amide bonds. The molecule has 0 aromatic heterocycles. The van der Waals surface area contributed by atoms with Crippen LogP contribution in [0.5, 0.6) is 0 Å². The van der Waals surface area contributed by atoms with Crippen LogP contribution in [0.3, 0.4) is 0 Å². The predicted octanol–water partition coefficient (Wildman–Crippen LogP) is 2.04. The molecular weight excluding hydrogens is 234 g/mol. The molecule has 1 saturated carbocycles. The maximum Gasteiger partial charge on any atom is 0.235 e. The molecule has 98 valence electrons. The minimum absolute atomic E-state index is 0.138. The van der Waals surface area contributed by atoms with Gasteiger partial charge < -0.3 is 10.0 Å². The van der Waals surface area contributed by atoms with Crippen molar-refractivity contribution in [2.45, 2.75) is 55.8 Å². The lowest BCUT2D eigenvalue weighted by Gasteiger charge is -2.31. The number of amides is 1. The molecule has 2 aliphatic rings. The Morgan fingerprint density at radius 3 is 2.65 bits per heavy atom. The molecule has 3 nitrogen and oxygen atoms in total. The number of rotatable bonds is 3. The van der Waals surface area contributed by atoms with Gasteiger partial charge in [0, 0.05) is 13.6 Å². The third-order valence-electron chi connectivity index (χ3n) is 3.90. The number of likely N-dealkylation sites (N-methyl/N-ethyl adjacent to an activating group) is 1. The van der Waals surface area contributed by atoms with Crippen molar-refractivity contribution in [3.8, 4) is 0 Å². The van der Waals surface area contributed by atoms with Crippen LogP contribution in [0.15, 0.2) is 0 Å². The first-order chi connectivity index (χ1) is 8.11. The van der Waals surface area contributed by atoms with Crippen LogP contribution < -0.4 is 0 Å². The first kappa shape index (κ1) is 13.2. The number of carbonyl (C=O) groups excluding carboxylic acids is 1. The lowest BCUT2D eigenvalue weighted by atomic mass is 10.0. The number of hydrogen-bond acceptors (Lipinski definition) is 3. The third kappa shape index (κ3) is 3.38. The second-order valence-electron chi connectivity index (χ2n) is 5.48. The average molecular weight is 257 g/mol. The first-order valence-electron chi connectivity index (χ1n) is 6.70. The molecule has 0 aromatic rings. The van der Waals surface area contributed by atoms with Gasteiger partial charge in [0.25, 0.3) is 0 Å². The van der Waals surface area contributed by atoms with Gasteiger partial charge in [-0.1, -0.05) is 19.3 Å². The van der Waals surface area contributed by atoms with Gasteiger partial charge in [-0.3, -0.25) is 4.79 Å². The highest BCUT2D eigenvalue weighted by atomic mass is 32.2. The van der Waals surface area contributed by atoms with E-state index >= 15 is 0 Å². The number of hydrogen-bond donors (Lipinski definition) is 1. The highest BCUT2D eigenvalue weighted by molar-refractivity contribution is 8.00. The van der Waals surface area contributed by atoms with Crippen LogP contribution in [0.2, 0.25) is 0 Å². The Morgan fingerprint density at radius 1 is 1.35 bits per heavy atom. The van der Waals surface area contributed by atoms with Crippen molar-refractivity contribution < 1.29 is 9.90 Å². The molecule has 0 radical (unpaired) electrons. The second-order valence-corrected chi connectivity index (χ2v) is 6.79. The van der Waals surface area contributed by atoms with Crippen LogP contribution in [-0.4, -0.2) is 46.1 Å². The summed E-state index contributed by atoms with van der Waals surface area (Å²) < 4.78 is 0. The Bertz CT molecular complexity index is 271. The maximum atomic E-state index is 12.2. The van der Waals surface area contributed by atoms with E-state index in [1.165, 1.54) is 12.8 Å². The summed E-state index contributed by atoms with van der Waals surface area (Å²) >= 11 is 1.78. The lowest BCUT2D eigenvalue weighted by molar-refractivity contribution is -0.132. The molecule has 0 aromatic carbocycles. The Kier molecular flexibility index (Phi) is 4.36. The zero-order chi connectivity index (χ0) is 12.3. The molecule has 0 spiro atoms. The normalized spacial score (nSPS) is 28.0. The van der Waals surface area contributed by atoms with E-state index in [9.17, 15) is 9.90 Å². The van der Waals surface area contributed by atoms with E-state index in [0.29, 0.717) is 6.54 Å². The third-order valence-corrected chi connectivity index (χ3v) is 5.26. The van der Waals surface area contributed by atoms with E-state index in [-0.39, 0.29) is 11.2 Å². The van der Waals surface area contributed by atoms with Crippen molar-refractivity contribution in [3.05, 3.63) is 0 Å². The summed E-state index contributed by atoms with van der Waals surface area (Å²) in [5.41, 5.74) is -0.607. The topological polar surface area (TPSA) is 40.5 Å². The van der Waals surface area contributed by atoms with E-state index < -0.39 is 5.60 Å². The average Bonchev–Trinajstić information content (AvgIpc) is 2.76. The van der Waals surface area contributed by atoms with Crippen molar-refractivity contribution >= 4 is 17.7 Å². The van der Waals surface area contributed by atoms with Gasteiger partial charge in [-0.2, -0.15) is 0 Å². The van der Waals surface area contributed by atoms with Crippen molar-refractivity contribution in [2.75, 3.05) is 19.3 Å². The Labute approximate surface area is 108 Å². The fourth-order valence-corrected chi connectivity index (χ4v) is 4.20. The van der Waals surface area contributed by atoms with Gasteiger partial charge in [-0.25, -0.2) is 0 Å². The second kappa shape index (κ2) is 5.61. The molecule has 2 rings (SSSR count). The van der Waals surface area contributed by atoms with Gasteiger partial charge in [-0.15, -0.1) is 11.8 Å². The van der Waals surface area contributed by atoms with E-state index in [2.05, 4.69) is 0 Å². The van der Waals surface area contributed by atoms with Crippen molar-refractivity contribution in [3.63, 3.8) is 0 Å². The van der Waals surface area contributed by atoms with Crippen LogP contribution in [0, 0.1) is 0 Å². The summed E-state index contributed by atoms with van der Waals surface area (Å²) in [5, 5.41) is 10.4. The van der Waals surface area contributed by atoms with Gasteiger partial charge in [-0.05, 0) is 31.4 Å². The summed E-state index contributed by atoms with van der Waals surface area (Å²) in [6.45, 7) is 0.517. The SMILES string of the molecule is CN(CC1(O)CCCC1)C(=O)C1CCCCS1. The molecule has 1 saturated heterocycles. The molecule has 4 heteroatoms. The standard InChI is InChI=1S/C13H23NO2S/c1-14(10-13(16)7-3-4-8-13)12(15)11-6-2-5-9-17-11/h11,16H,2-10H2,1H3. The zero-order valence-corrected chi connectivity index (χ0v) is 11.5. The Hall–Kier alpha value is -0.220. The number of aliphatic hydroxyl groups is 1. The Balaban J connectivity index is 1.85. The zero-order valence-electron chi connectivity index (χ0n) is 10.7. The van der Waals surface area contributed by atoms with Crippen LogP contribution in [0.25, 0.3) is 0 Å². The smallest absolute Gasteiger partial charge is 0.235 e. The van der Waals surface area contributed by atoms with Crippen LogP contribution in [-0.2, 0) is 4.79 Å². The molecule has 1 heterocycles. The van der Waals surface area contributed by atoms with E-state index in [1.807, 2.05) is 7.05 Å². The van der Waals surface area contributed by atoms with Gasteiger partial charge >= 0.3 is 0 Å². The number of nitrogens with zero attached hydrogens (tertiary/aromatic N) is 1. The molecular formula is C13H23NO2S. The van der Waals surface area contributed by atoms with Gasteiger partial charge in [0.15, 0.2) is 0 Å². The van der Waals surface area contributed by atoms with Gasteiger partial charge in [0.1, 0.15) is 0 Å². The molecule has 1 aliphatic carbocycles. The molecule has 2 fully saturated rings. The summed E-state index contributed by atoms with van der Waals surface area (Å²) in [5.74, 6) is 1.32. The molecule has 17 heavy (non-hydrogen) atoms. The number of carbonyl (C=O) groups is 1. The molecule has 1 N–H and O–H groups in total. The lowest BCUT2D eigenvalue weighted by Crippen LogP contribution is -2.45. The van der Waals surface area contributed by atoms with Crippen molar-refractivity contribution in [2.24, 2.45) is 0 Å². The fourth-order valence-electron chi connectivity index (χ4n) is 2.89. The minimum atomic E-state index is -0.607. The summed E-state index contributed by atoms with van der Waals surface area (Å²) in [6, 6.07) is 0. The number of thioether (sulfide) groups is 1. The summed E-state index contributed by atoms with van der Waals surface area (Å²) in [7, 11) is 1.84. The highest BCUT2D eigenvalue weighted by Gasteiger charge is 2.35. The van der Waals surface area contributed by atoms with Crippen molar-refractivity contribution in [1.29, 1.82) is 0 Å².